The number of amides is 1. The molecule has 0 saturated carbocycles. The Hall–Kier alpha value is -3.27. The average Bonchev–Trinajstić information content (AvgIpc) is 2.70. The van der Waals surface area contributed by atoms with E-state index >= 15 is 0 Å². The average molecular weight is 355 g/mol. The number of aromatic nitrogens is 2. The second kappa shape index (κ2) is 7.16. The number of hydrogen-bond acceptors (Lipinski definition) is 3. The van der Waals surface area contributed by atoms with Crippen molar-refractivity contribution in [2.75, 3.05) is 0 Å². The Labute approximate surface area is 158 Å². The van der Waals surface area contributed by atoms with Crippen LogP contribution in [0.15, 0.2) is 72.9 Å². The highest BCUT2D eigenvalue weighted by molar-refractivity contribution is 6.05. The van der Waals surface area contributed by atoms with Crippen LogP contribution in [0.5, 0.6) is 0 Å². The van der Waals surface area contributed by atoms with Gasteiger partial charge in [0.25, 0.3) is 5.91 Å². The summed E-state index contributed by atoms with van der Waals surface area (Å²) in [6.45, 7) is 4.49. The Morgan fingerprint density at radius 3 is 2.48 bits per heavy atom. The van der Waals surface area contributed by atoms with Gasteiger partial charge in [0.15, 0.2) is 0 Å². The molecule has 0 radical (unpaired) electrons. The number of carbonyl (C=O) groups excluding carboxylic acids is 1. The first-order valence-corrected chi connectivity index (χ1v) is 9.13. The summed E-state index contributed by atoms with van der Waals surface area (Å²) in [5.74, 6) is -0.0724. The van der Waals surface area contributed by atoms with Crippen molar-refractivity contribution in [2.24, 2.45) is 0 Å². The van der Waals surface area contributed by atoms with Crippen molar-refractivity contribution in [2.45, 2.75) is 26.4 Å². The van der Waals surface area contributed by atoms with Gasteiger partial charge in [-0.3, -0.25) is 14.8 Å². The topological polar surface area (TPSA) is 46.1 Å². The van der Waals surface area contributed by atoms with Crippen molar-refractivity contribution >= 4 is 27.6 Å². The fraction of sp³-hybridized carbons (Fsp3) is 0.174. The van der Waals surface area contributed by atoms with E-state index in [9.17, 15) is 4.79 Å². The highest BCUT2D eigenvalue weighted by Gasteiger charge is 2.22. The lowest BCUT2D eigenvalue weighted by Gasteiger charge is -2.26. The van der Waals surface area contributed by atoms with Gasteiger partial charge in [-0.2, -0.15) is 0 Å². The van der Waals surface area contributed by atoms with Crippen molar-refractivity contribution in [1.29, 1.82) is 0 Å². The van der Waals surface area contributed by atoms with E-state index in [0.29, 0.717) is 12.2 Å². The quantitative estimate of drug-likeness (QED) is 0.526. The summed E-state index contributed by atoms with van der Waals surface area (Å²) in [6.07, 6.45) is 1.70. The number of rotatable bonds is 4. The number of hydrogen-bond donors (Lipinski definition) is 0. The molecule has 4 nitrogen and oxygen atoms in total. The fourth-order valence-electron chi connectivity index (χ4n) is 3.29. The van der Waals surface area contributed by atoms with Crippen LogP contribution in [0, 0.1) is 0 Å². The van der Waals surface area contributed by atoms with Crippen molar-refractivity contribution < 1.29 is 4.79 Å². The van der Waals surface area contributed by atoms with Crippen LogP contribution in [-0.4, -0.2) is 26.8 Å². The van der Waals surface area contributed by atoms with Crippen LogP contribution in [0.4, 0.5) is 0 Å². The molecule has 0 atom stereocenters. The molecule has 0 bridgehead atoms. The van der Waals surface area contributed by atoms with Crippen molar-refractivity contribution in [3.8, 4) is 0 Å². The molecule has 0 spiro atoms. The van der Waals surface area contributed by atoms with E-state index in [-0.39, 0.29) is 11.9 Å². The maximum Gasteiger partial charge on any atom is 0.273 e. The number of carbonyl (C=O) groups is 1. The van der Waals surface area contributed by atoms with Gasteiger partial charge in [0.2, 0.25) is 0 Å². The minimum absolute atomic E-state index is 0.0338. The van der Waals surface area contributed by atoms with E-state index in [1.54, 1.807) is 6.20 Å². The summed E-state index contributed by atoms with van der Waals surface area (Å²) in [5, 5.41) is 2.99. The molecular weight excluding hydrogens is 334 g/mol. The lowest BCUT2D eigenvalue weighted by atomic mass is 10.1. The zero-order valence-corrected chi connectivity index (χ0v) is 15.5. The molecule has 0 aliphatic carbocycles. The van der Waals surface area contributed by atoms with Gasteiger partial charge < -0.3 is 4.90 Å². The smallest absolute Gasteiger partial charge is 0.273 e. The molecule has 1 amide bonds. The number of benzene rings is 2. The highest BCUT2D eigenvalue weighted by atomic mass is 16.2. The van der Waals surface area contributed by atoms with Gasteiger partial charge in [-0.25, -0.2) is 0 Å². The molecular formula is C23H21N3O. The molecule has 0 fully saturated rings. The Balaban J connectivity index is 1.70. The molecule has 4 aromatic rings. The van der Waals surface area contributed by atoms with E-state index in [4.69, 9.17) is 4.98 Å². The van der Waals surface area contributed by atoms with Gasteiger partial charge in [-0.15, -0.1) is 0 Å². The van der Waals surface area contributed by atoms with Gasteiger partial charge in [0.05, 0.1) is 17.8 Å². The monoisotopic (exact) mass is 355 g/mol. The van der Waals surface area contributed by atoms with E-state index in [1.807, 2.05) is 79.4 Å². The first-order valence-electron chi connectivity index (χ1n) is 9.13. The summed E-state index contributed by atoms with van der Waals surface area (Å²) in [5.41, 5.74) is 2.30. The molecule has 2 aromatic heterocycles. The Morgan fingerprint density at radius 1 is 0.926 bits per heavy atom. The second-order valence-electron chi connectivity index (χ2n) is 6.90. The highest BCUT2D eigenvalue weighted by Crippen LogP contribution is 2.20. The van der Waals surface area contributed by atoms with Gasteiger partial charge in [0.1, 0.15) is 5.69 Å². The molecule has 2 heterocycles. The summed E-state index contributed by atoms with van der Waals surface area (Å²) in [4.78, 5) is 24.2. The predicted molar refractivity (Wildman–Crippen MR) is 108 cm³/mol. The molecule has 0 unspecified atom stereocenters. The van der Waals surface area contributed by atoms with Gasteiger partial charge >= 0.3 is 0 Å². The van der Waals surface area contributed by atoms with Crippen LogP contribution in [0.3, 0.4) is 0 Å². The Morgan fingerprint density at radius 2 is 1.67 bits per heavy atom. The number of para-hydroxylation sites is 1. The third-order valence-corrected chi connectivity index (χ3v) is 4.75. The first-order chi connectivity index (χ1) is 13.1. The van der Waals surface area contributed by atoms with Gasteiger partial charge in [-0.1, -0.05) is 48.5 Å². The maximum atomic E-state index is 13.3. The molecule has 0 aliphatic rings. The number of nitrogens with zero attached hydrogens (tertiary/aromatic N) is 3. The summed E-state index contributed by atoms with van der Waals surface area (Å²) >= 11 is 0. The maximum absolute atomic E-state index is 13.3. The Kier molecular flexibility index (Phi) is 4.55. The summed E-state index contributed by atoms with van der Waals surface area (Å²) < 4.78 is 0. The summed E-state index contributed by atoms with van der Waals surface area (Å²) in [7, 11) is 0. The van der Waals surface area contributed by atoms with Crippen LogP contribution in [0.2, 0.25) is 0 Å². The molecule has 2 aromatic carbocycles. The molecule has 134 valence electrons. The zero-order valence-electron chi connectivity index (χ0n) is 15.5. The molecule has 27 heavy (non-hydrogen) atoms. The summed E-state index contributed by atoms with van der Waals surface area (Å²) in [6, 6.07) is 21.9. The number of fused-ring (bicyclic) bond motifs is 2. The van der Waals surface area contributed by atoms with E-state index in [0.717, 1.165) is 27.4 Å². The third-order valence-electron chi connectivity index (χ3n) is 4.75. The van der Waals surface area contributed by atoms with Crippen LogP contribution in [-0.2, 0) is 6.54 Å². The van der Waals surface area contributed by atoms with Crippen LogP contribution in [0.1, 0.15) is 30.0 Å². The van der Waals surface area contributed by atoms with Gasteiger partial charge in [-0.05, 0) is 37.4 Å². The van der Waals surface area contributed by atoms with Crippen molar-refractivity contribution in [3.05, 3.63) is 84.3 Å². The van der Waals surface area contributed by atoms with Crippen LogP contribution >= 0.6 is 0 Å². The molecule has 4 heteroatoms. The van der Waals surface area contributed by atoms with Crippen LogP contribution < -0.4 is 0 Å². The van der Waals surface area contributed by atoms with Crippen molar-refractivity contribution in [3.63, 3.8) is 0 Å². The first kappa shape index (κ1) is 17.2. The fourth-order valence-corrected chi connectivity index (χ4v) is 3.29. The lowest BCUT2D eigenvalue weighted by molar-refractivity contribution is 0.0684. The zero-order chi connectivity index (χ0) is 18.8. The number of pyridine rings is 2. The van der Waals surface area contributed by atoms with E-state index in [1.165, 1.54) is 0 Å². The van der Waals surface area contributed by atoms with Crippen LogP contribution in [0.25, 0.3) is 21.7 Å². The molecule has 0 aliphatic heterocycles. The normalized spacial score (nSPS) is 11.2. The molecule has 0 saturated heterocycles. The van der Waals surface area contributed by atoms with E-state index < -0.39 is 0 Å². The molecule has 4 rings (SSSR count). The largest absolute Gasteiger partial charge is 0.329 e. The standard InChI is InChI=1S/C23H21N3O/c1-16(2)26(15-19-12-11-18-8-4-6-10-21(18)25-19)23(27)22-20-9-5-3-7-17(20)13-14-24-22/h3-14,16H,15H2,1-2H3. The predicted octanol–water partition coefficient (Wildman–Crippen LogP) is 4.83. The lowest BCUT2D eigenvalue weighted by Crippen LogP contribution is -2.37. The minimum Gasteiger partial charge on any atom is -0.329 e. The van der Waals surface area contributed by atoms with Gasteiger partial charge in [0, 0.05) is 23.0 Å². The molecule has 0 N–H and O–H groups in total. The second-order valence-corrected chi connectivity index (χ2v) is 6.90. The van der Waals surface area contributed by atoms with E-state index in [2.05, 4.69) is 11.1 Å². The minimum atomic E-state index is -0.0724. The third kappa shape index (κ3) is 3.38. The SMILES string of the molecule is CC(C)N(Cc1ccc2ccccc2n1)C(=O)c1nccc2ccccc12. The van der Waals surface area contributed by atoms with Crippen molar-refractivity contribution in [1.82, 2.24) is 14.9 Å². The Bertz CT molecular complexity index is 1120.